The van der Waals surface area contributed by atoms with Crippen molar-refractivity contribution < 1.29 is 0 Å². The molecule has 1 aliphatic heterocycles. The lowest BCUT2D eigenvalue weighted by molar-refractivity contribution is 0.156. The van der Waals surface area contributed by atoms with Crippen LogP contribution in [0.3, 0.4) is 0 Å². The molecule has 1 fully saturated rings. The molecule has 1 aromatic rings. The summed E-state index contributed by atoms with van der Waals surface area (Å²) < 4.78 is 0. The van der Waals surface area contributed by atoms with Crippen LogP contribution in [0.15, 0.2) is 24.4 Å². The second kappa shape index (κ2) is 5.15. The van der Waals surface area contributed by atoms with Gasteiger partial charge in [0.2, 0.25) is 0 Å². The quantitative estimate of drug-likeness (QED) is 0.845. The number of rotatable bonds is 2. The third kappa shape index (κ3) is 3.51. The molecule has 0 aliphatic carbocycles. The summed E-state index contributed by atoms with van der Waals surface area (Å²) in [4.78, 5) is 6.95. The van der Waals surface area contributed by atoms with E-state index in [0.29, 0.717) is 11.5 Å². The molecule has 3 heteroatoms. The first-order valence-corrected chi connectivity index (χ1v) is 6.41. The summed E-state index contributed by atoms with van der Waals surface area (Å²) in [5.41, 5.74) is 1.50. The van der Waals surface area contributed by atoms with E-state index in [9.17, 15) is 0 Å². The van der Waals surface area contributed by atoms with Gasteiger partial charge in [0, 0.05) is 38.4 Å². The first kappa shape index (κ1) is 12.5. The van der Waals surface area contributed by atoms with Crippen molar-refractivity contribution in [1.29, 1.82) is 0 Å². The average molecular weight is 233 g/mol. The summed E-state index contributed by atoms with van der Waals surface area (Å²) in [6, 6.07) is 6.71. The number of hydrogen-bond donors (Lipinski definition) is 1. The van der Waals surface area contributed by atoms with E-state index in [0.717, 1.165) is 31.9 Å². The Balaban J connectivity index is 2.07. The molecule has 1 N–H and O–H groups in total. The van der Waals surface area contributed by atoms with Crippen LogP contribution in [0.5, 0.6) is 0 Å². The Bertz CT molecular complexity index is 348. The van der Waals surface area contributed by atoms with Crippen molar-refractivity contribution in [1.82, 2.24) is 15.2 Å². The zero-order valence-electron chi connectivity index (χ0n) is 11.1. The molecule has 1 saturated heterocycles. The highest BCUT2D eigenvalue weighted by Gasteiger charge is 2.28. The summed E-state index contributed by atoms with van der Waals surface area (Å²) in [6.07, 6.45) is 1.88. The van der Waals surface area contributed by atoms with E-state index in [-0.39, 0.29) is 0 Å². The lowest BCUT2D eigenvalue weighted by atomic mass is 9.93. The van der Waals surface area contributed by atoms with Crippen LogP contribution in [0.25, 0.3) is 0 Å². The third-order valence-corrected chi connectivity index (χ3v) is 3.39. The van der Waals surface area contributed by atoms with E-state index >= 15 is 0 Å². The zero-order valence-corrected chi connectivity index (χ0v) is 11.1. The van der Waals surface area contributed by atoms with Gasteiger partial charge in [0.15, 0.2) is 0 Å². The molecule has 0 amide bonds. The summed E-state index contributed by atoms with van der Waals surface area (Å²) in [5, 5.41) is 3.54. The molecule has 2 rings (SSSR count). The Morgan fingerprint density at radius 3 is 3.00 bits per heavy atom. The number of nitrogens with zero attached hydrogens (tertiary/aromatic N) is 2. The lowest BCUT2D eigenvalue weighted by Gasteiger charge is -2.31. The fourth-order valence-corrected chi connectivity index (χ4v) is 2.42. The molecular formula is C14H23N3. The van der Waals surface area contributed by atoms with E-state index in [2.05, 4.69) is 48.1 Å². The minimum Gasteiger partial charge on any atom is -0.315 e. The van der Waals surface area contributed by atoms with Crippen molar-refractivity contribution >= 4 is 0 Å². The van der Waals surface area contributed by atoms with E-state index in [1.165, 1.54) is 0 Å². The highest BCUT2D eigenvalue weighted by molar-refractivity contribution is 5.04. The Kier molecular flexibility index (Phi) is 3.79. The van der Waals surface area contributed by atoms with Crippen molar-refractivity contribution in [2.45, 2.75) is 33.4 Å². The summed E-state index contributed by atoms with van der Waals surface area (Å²) in [5.74, 6) is 0. The van der Waals surface area contributed by atoms with Crippen LogP contribution < -0.4 is 5.32 Å². The molecule has 0 aromatic carbocycles. The number of hydrogen-bond acceptors (Lipinski definition) is 3. The predicted molar refractivity (Wildman–Crippen MR) is 70.8 cm³/mol. The van der Waals surface area contributed by atoms with Crippen LogP contribution in [0.1, 0.15) is 26.5 Å². The van der Waals surface area contributed by atoms with Crippen molar-refractivity contribution in [3.63, 3.8) is 0 Å². The van der Waals surface area contributed by atoms with Crippen LogP contribution in [0.4, 0.5) is 0 Å². The van der Waals surface area contributed by atoms with Crippen LogP contribution in [0, 0.1) is 5.41 Å². The first-order valence-electron chi connectivity index (χ1n) is 6.41. The molecule has 1 unspecified atom stereocenters. The Hall–Kier alpha value is -0.930. The Morgan fingerprint density at radius 2 is 2.29 bits per heavy atom. The maximum atomic E-state index is 4.42. The number of pyridine rings is 1. The fraction of sp³-hybridized carbons (Fsp3) is 0.643. The summed E-state index contributed by atoms with van der Waals surface area (Å²) >= 11 is 0. The standard InChI is InChI=1S/C14H23N3/c1-12-8-15-10-14(2,3)11-17(12)9-13-6-4-5-7-16-13/h4-7,12,15H,8-11H2,1-3H3. The minimum absolute atomic E-state index is 0.333. The van der Waals surface area contributed by atoms with Crippen molar-refractivity contribution in [2.24, 2.45) is 5.41 Å². The van der Waals surface area contributed by atoms with Crippen LogP contribution in [-0.2, 0) is 6.54 Å². The molecule has 0 spiro atoms. The molecule has 1 atom stereocenters. The smallest absolute Gasteiger partial charge is 0.0544 e. The highest BCUT2D eigenvalue weighted by atomic mass is 15.2. The molecule has 0 saturated carbocycles. The summed E-state index contributed by atoms with van der Waals surface area (Å²) in [7, 11) is 0. The average Bonchev–Trinajstić information content (AvgIpc) is 2.40. The van der Waals surface area contributed by atoms with Gasteiger partial charge in [-0.2, -0.15) is 0 Å². The van der Waals surface area contributed by atoms with Crippen LogP contribution in [0.2, 0.25) is 0 Å². The molecule has 2 heterocycles. The number of aromatic nitrogens is 1. The topological polar surface area (TPSA) is 28.2 Å². The SMILES string of the molecule is CC1CNCC(C)(C)CN1Cc1ccccn1. The maximum Gasteiger partial charge on any atom is 0.0544 e. The summed E-state index contributed by atoms with van der Waals surface area (Å²) in [6.45, 7) is 11.2. The maximum absolute atomic E-state index is 4.42. The fourth-order valence-electron chi connectivity index (χ4n) is 2.42. The molecular weight excluding hydrogens is 210 g/mol. The van der Waals surface area contributed by atoms with Gasteiger partial charge < -0.3 is 5.32 Å². The second-order valence-corrected chi connectivity index (χ2v) is 5.87. The molecule has 17 heavy (non-hydrogen) atoms. The largest absolute Gasteiger partial charge is 0.315 e. The van der Waals surface area contributed by atoms with Crippen molar-refractivity contribution in [3.05, 3.63) is 30.1 Å². The van der Waals surface area contributed by atoms with Crippen LogP contribution >= 0.6 is 0 Å². The number of nitrogens with one attached hydrogen (secondary N) is 1. The Labute approximate surface area is 104 Å². The van der Waals surface area contributed by atoms with Gasteiger partial charge in [-0.15, -0.1) is 0 Å². The zero-order chi connectivity index (χ0) is 12.3. The molecule has 3 nitrogen and oxygen atoms in total. The monoisotopic (exact) mass is 233 g/mol. The van der Waals surface area contributed by atoms with Gasteiger partial charge >= 0.3 is 0 Å². The normalized spacial score (nSPS) is 25.5. The van der Waals surface area contributed by atoms with Gasteiger partial charge in [-0.25, -0.2) is 0 Å². The lowest BCUT2D eigenvalue weighted by Crippen LogP contribution is -2.39. The van der Waals surface area contributed by atoms with E-state index in [1.807, 2.05) is 12.3 Å². The molecule has 1 aromatic heterocycles. The van der Waals surface area contributed by atoms with Crippen molar-refractivity contribution in [3.8, 4) is 0 Å². The molecule has 94 valence electrons. The van der Waals surface area contributed by atoms with Gasteiger partial charge in [-0.3, -0.25) is 9.88 Å². The van der Waals surface area contributed by atoms with E-state index in [4.69, 9.17) is 0 Å². The van der Waals surface area contributed by atoms with Gasteiger partial charge in [0.1, 0.15) is 0 Å². The van der Waals surface area contributed by atoms with Crippen LogP contribution in [-0.4, -0.2) is 35.6 Å². The second-order valence-electron chi connectivity index (χ2n) is 5.87. The molecule has 1 aliphatic rings. The van der Waals surface area contributed by atoms with E-state index < -0.39 is 0 Å². The van der Waals surface area contributed by atoms with Gasteiger partial charge in [0.05, 0.1) is 5.69 Å². The molecule has 0 radical (unpaired) electrons. The van der Waals surface area contributed by atoms with E-state index in [1.54, 1.807) is 0 Å². The minimum atomic E-state index is 0.333. The predicted octanol–water partition coefficient (Wildman–Crippen LogP) is 1.90. The van der Waals surface area contributed by atoms with Gasteiger partial charge in [-0.1, -0.05) is 19.9 Å². The third-order valence-electron chi connectivity index (χ3n) is 3.39. The van der Waals surface area contributed by atoms with Crippen molar-refractivity contribution in [2.75, 3.05) is 19.6 Å². The Morgan fingerprint density at radius 1 is 1.47 bits per heavy atom. The van der Waals surface area contributed by atoms with Gasteiger partial charge in [0.25, 0.3) is 0 Å². The highest BCUT2D eigenvalue weighted by Crippen LogP contribution is 2.21. The molecule has 0 bridgehead atoms. The first-order chi connectivity index (χ1) is 8.07. The van der Waals surface area contributed by atoms with Gasteiger partial charge in [-0.05, 0) is 24.5 Å².